The van der Waals surface area contributed by atoms with Crippen LogP contribution in [0.1, 0.15) is 11.6 Å². The lowest BCUT2D eigenvalue weighted by atomic mass is 10.1. The Labute approximate surface area is 142 Å². The van der Waals surface area contributed by atoms with E-state index in [4.69, 9.17) is 10.5 Å². The van der Waals surface area contributed by atoms with Gasteiger partial charge in [-0.2, -0.15) is 4.72 Å². The fraction of sp³-hybridized carbons (Fsp3) is 0.133. The molecule has 8 heteroatoms. The molecule has 0 saturated heterocycles. The van der Waals surface area contributed by atoms with E-state index in [-0.39, 0.29) is 4.90 Å². The van der Waals surface area contributed by atoms with Gasteiger partial charge < -0.3 is 10.5 Å². The molecular formula is C15H15BrN2O4S. The number of rotatable bonds is 6. The van der Waals surface area contributed by atoms with Gasteiger partial charge in [-0.05, 0) is 39.7 Å². The molecule has 0 heterocycles. The predicted octanol–water partition coefficient (Wildman–Crippen LogP) is 1.96. The molecule has 0 bridgehead atoms. The van der Waals surface area contributed by atoms with E-state index in [1.165, 1.54) is 25.3 Å². The van der Waals surface area contributed by atoms with Gasteiger partial charge in [-0.1, -0.05) is 30.3 Å². The van der Waals surface area contributed by atoms with E-state index in [1.54, 1.807) is 30.3 Å². The quantitative estimate of drug-likeness (QED) is 0.776. The van der Waals surface area contributed by atoms with Crippen molar-refractivity contribution in [1.82, 2.24) is 4.72 Å². The van der Waals surface area contributed by atoms with Gasteiger partial charge in [0.05, 0.1) is 16.5 Å². The molecule has 1 unspecified atom stereocenters. The number of carbonyl (C=O) groups is 1. The zero-order valence-electron chi connectivity index (χ0n) is 12.2. The fourth-order valence-electron chi connectivity index (χ4n) is 1.97. The lowest BCUT2D eigenvalue weighted by Crippen LogP contribution is -2.37. The van der Waals surface area contributed by atoms with Crippen molar-refractivity contribution in [3.63, 3.8) is 0 Å². The molecule has 122 valence electrons. The molecule has 0 aliphatic heterocycles. The number of ether oxygens (including phenoxy) is 1. The third-order valence-electron chi connectivity index (χ3n) is 3.12. The number of amides is 1. The van der Waals surface area contributed by atoms with Crippen LogP contribution in [0.5, 0.6) is 5.75 Å². The second-order valence-corrected chi connectivity index (χ2v) is 7.23. The van der Waals surface area contributed by atoms with Gasteiger partial charge in [0.2, 0.25) is 15.9 Å². The molecular weight excluding hydrogens is 384 g/mol. The molecule has 0 aromatic heterocycles. The molecule has 1 atom stereocenters. The molecule has 0 fully saturated rings. The molecule has 3 N–H and O–H groups in total. The second kappa shape index (κ2) is 7.12. The first-order chi connectivity index (χ1) is 10.8. The van der Waals surface area contributed by atoms with Gasteiger partial charge in [0.25, 0.3) is 0 Å². The Morgan fingerprint density at radius 2 is 1.87 bits per heavy atom. The molecule has 0 aliphatic carbocycles. The van der Waals surface area contributed by atoms with Crippen LogP contribution in [0.15, 0.2) is 57.9 Å². The van der Waals surface area contributed by atoms with Crippen LogP contribution in [-0.4, -0.2) is 21.4 Å². The Kier molecular flexibility index (Phi) is 5.40. The number of nitrogens with one attached hydrogen (secondary N) is 1. The molecule has 0 aliphatic rings. The largest absolute Gasteiger partial charge is 0.496 e. The van der Waals surface area contributed by atoms with Gasteiger partial charge in [0.15, 0.2) is 0 Å². The van der Waals surface area contributed by atoms with Gasteiger partial charge in [-0.25, -0.2) is 8.42 Å². The Balaban J connectivity index is 2.35. The molecule has 6 nitrogen and oxygen atoms in total. The summed E-state index contributed by atoms with van der Waals surface area (Å²) in [5.41, 5.74) is 5.80. The molecule has 0 saturated carbocycles. The van der Waals surface area contributed by atoms with Crippen LogP contribution in [-0.2, 0) is 14.8 Å². The van der Waals surface area contributed by atoms with Gasteiger partial charge in [-0.15, -0.1) is 0 Å². The highest BCUT2D eigenvalue weighted by Gasteiger charge is 2.25. The molecule has 2 aromatic carbocycles. The summed E-state index contributed by atoms with van der Waals surface area (Å²) in [4.78, 5) is 11.6. The van der Waals surface area contributed by atoms with Crippen LogP contribution in [0.4, 0.5) is 0 Å². The lowest BCUT2D eigenvalue weighted by Gasteiger charge is -2.16. The zero-order chi connectivity index (χ0) is 17.0. The Morgan fingerprint density at radius 3 is 2.39 bits per heavy atom. The number of nitrogens with two attached hydrogens (primary N) is 1. The van der Waals surface area contributed by atoms with Crippen molar-refractivity contribution in [1.29, 1.82) is 0 Å². The lowest BCUT2D eigenvalue weighted by molar-refractivity contribution is -0.119. The highest BCUT2D eigenvalue weighted by molar-refractivity contribution is 9.10. The van der Waals surface area contributed by atoms with E-state index >= 15 is 0 Å². The number of benzene rings is 2. The van der Waals surface area contributed by atoms with E-state index in [0.29, 0.717) is 15.8 Å². The van der Waals surface area contributed by atoms with E-state index in [1.807, 2.05) is 0 Å². The van der Waals surface area contributed by atoms with Crippen molar-refractivity contribution in [3.05, 3.63) is 58.6 Å². The van der Waals surface area contributed by atoms with Crippen LogP contribution in [0.25, 0.3) is 0 Å². The molecule has 2 aromatic rings. The van der Waals surface area contributed by atoms with Crippen molar-refractivity contribution in [2.75, 3.05) is 7.11 Å². The van der Waals surface area contributed by atoms with Crippen molar-refractivity contribution in [3.8, 4) is 5.75 Å². The first-order valence-corrected chi connectivity index (χ1v) is 8.83. The van der Waals surface area contributed by atoms with Crippen LogP contribution >= 0.6 is 15.9 Å². The van der Waals surface area contributed by atoms with Gasteiger partial charge in [0, 0.05) is 0 Å². The number of hydrogen-bond donors (Lipinski definition) is 2. The zero-order valence-corrected chi connectivity index (χ0v) is 14.6. The molecule has 0 spiro atoms. The summed E-state index contributed by atoms with van der Waals surface area (Å²) in [5, 5.41) is 0. The van der Waals surface area contributed by atoms with Crippen LogP contribution in [0.3, 0.4) is 0 Å². The van der Waals surface area contributed by atoms with E-state index in [9.17, 15) is 13.2 Å². The van der Waals surface area contributed by atoms with Gasteiger partial charge in [-0.3, -0.25) is 4.79 Å². The molecule has 23 heavy (non-hydrogen) atoms. The van der Waals surface area contributed by atoms with Crippen molar-refractivity contribution >= 4 is 31.9 Å². The minimum atomic E-state index is -3.94. The smallest absolute Gasteiger partial charge is 0.241 e. The number of sulfonamides is 1. The fourth-order valence-corrected chi connectivity index (χ4v) is 3.88. The minimum Gasteiger partial charge on any atom is -0.496 e. The normalized spacial score (nSPS) is 12.6. The molecule has 1 amide bonds. The van der Waals surface area contributed by atoms with Gasteiger partial charge in [0.1, 0.15) is 11.8 Å². The SMILES string of the molecule is COc1ccc(S(=O)(=O)NC(C(N)=O)c2ccccc2)cc1Br. The molecule has 2 rings (SSSR count). The molecule has 0 radical (unpaired) electrons. The Hall–Kier alpha value is -1.90. The summed E-state index contributed by atoms with van der Waals surface area (Å²) >= 11 is 3.23. The maximum Gasteiger partial charge on any atom is 0.241 e. The maximum atomic E-state index is 12.5. The number of hydrogen-bond acceptors (Lipinski definition) is 4. The number of halogens is 1. The van der Waals surface area contributed by atoms with Crippen molar-refractivity contribution in [2.24, 2.45) is 5.73 Å². The third kappa shape index (κ3) is 4.10. The second-order valence-electron chi connectivity index (χ2n) is 4.66. The summed E-state index contributed by atoms with van der Waals surface area (Å²) in [6.07, 6.45) is 0. The predicted molar refractivity (Wildman–Crippen MR) is 89.4 cm³/mol. The average Bonchev–Trinajstić information content (AvgIpc) is 2.53. The van der Waals surface area contributed by atoms with E-state index < -0.39 is 22.0 Å². The van der Waals surface area contributed by atoms with Crippen LogP contribution in [0, 0.1) is 0 Å². The van der Waals surface area contributed by atoms with Crippen molar-refractivity contribution in [2.45, 2.75) is 10.9 Å². The summed E-state index contributed by atoms with van der Waals surface area (Å²) < 4.78 is 32.9. The highest BCUT2D eigenvalue weighted by atomic mass is 79.9. The van der Waals surface area contributed by atoms with Crippen LogP contribution < -0.4 is 15.2 Å². The van der Waals surface area contributed by atoms with Crippen molar-refractivity contribution < 1.29 is 17.9 Å². The average molecular weight is 399 g/mol. The topological polar surface area (TPSA) is 98.5 Å². The summed E-state index contributed by atoms with van der Waals surface area (Å²) in [6, 6.07) is 11.6. The summed E-state index contributed by atoms with van der Waals surface area (Å²) in [6.45, 7) is 0. The first-order valence-electron chi connectivity index (χ1n) is 6.55. The third-order valence-corrected chi connectivity index (χ3v) is 5.16. The Bertz CT molecular complexity index is 809. The number of methoxy groups -OCH3 is 1. The van der Waals surface area contributed by atoms with Crippen LogP contribution in [0.2, 0.25) is 0 Å². The van der Waals surface area contributed by atoms with Gasteiger partial charge >= 0.3 is 0 Å². The standard InChI is InChI=1S/C15H15BrN2O4S/c1-22-13-8-7-11(9-12(13)16)23(20,21)18-14(15(17)19)10-5-3-2-4-6-10/h2-9,14,18H,1H3,(H2,17,19). The minimum absolute atomic E-state index is 0.00708. The summed E-state index contributed by atoms with van der Waals surface area (Å²) in [7, 11) is -2.46. The highest BCUT2D eigenvalue weighted by Crippen LogP contribution is 2.28. The maximum absolute atomic E-state index is 12.5. The first kappa shape index (κ1) is 17.5. The van der Waals surface area contributed by atoms with E-state index in [2.05, 4.69) is 20.7 Å². The monoisotopic (exact) mass is 398 g/mol. The Morgan fingerprint density at radius 1 is 1.22 bits per heavy atom. The summed E-state index contributed by atoms with van der Waals surface area (Å²) in [5.74, 6) is -0.286. The number of primary amides is 1. The number of carbonyl (C=O) groups excluding carboxylic acids is 1. The van der Waals surface area contributed by atoms with E-state index in [0.717, 1.165) is 0 Å².